The minimum Gasteiger partial charge on any atom is -0.505 e. The third-order valence-electron chi connectivity index (χ3n) is 3.71. The van der Waals surface area contributed by atoms with Crippen molar-refractivity contribution in [3.63, 3.8) is 0 Å². The number of carbonyl (C=O) groups is 1. The predicted octanol–water partition coefficient (Wildman–Crippen LogP) is 1.25. The van der Waals surface area contributed by atoms with Gasteiger partial charge in [-0.15, -0.1) is 0 Å². The van der Waals surface area contributed by atoms with Crippen LogP contribution in [-0.4, -0.2) is 47.6 Å². The van der Waals surface area contributed by atoms with Crippen LogP contribution < -0.4 is 5.32 Å². The maximum absolute atomic E-state index is 12.2. The van der Waals surface area contributed by atoms with Crippen LogP contribution in [0.15, 0.2) is 18.5 Å². The van der Waals surface area contributed by atoms with E-state index in [2.05, 4.69) is 10.3 Å². The van der Waals surface area contributed by atoms with Gasteiger partial charge in [0.15, 0.2) is 0 Å². The van der Waals surface area contributed by atoms with E-state index in [1.165, 1.54) is 25.2 Å². The lowest BCUT2D eigenvalue weighted by molar-refractivity contribution is 0.0781. The fourth-order valence-electron chi connectivity index (χ4n) is 2.42. The first-order chi connectivity index (χ1) is 9.18. The molecule has 1 aliphatic rings. The molecule has 0 radical (unpaired) electrons. The Morgan fingerprint density at radius 2 is 2.26 bits per heavy atom. The number of hydrogen-bond donors (Lipinski definition) is 2. The van der Waals surface area contributed by atoms with Crippen LogP contribution in [0.1, 0.15) is 29.6 Å². The molecule has 0 unspecified atom stereocenters. The molecule has 5 nitrogen and oxygen atoms in total. The summed E-state index contributed by atoms with van der Waals surface area (Å²) < 4.78 is 0. The fraction of sp³-hybridized carbons (Fsp3) is 0.571. The number of pyridine rings is 1. The van der Waals surface area contributed by atoms with E-state index in [4.69, 9.17) is 0 Å². The molecule has 1 aliphatic heterocycles. The molecule has 0 saturated carbocycles. The molecule has 104 valence electrons. The summed E-state index contributed by atoms with van der Waals surface area (Å²) in [6.07, 6.45) is 6.21. The smallest absolute Gasteiger partial charge is 0.257 e. The normalized spacial score (nSPS) is 16.3. The summed E-state index contributed by atoms with van der Waals surface area (Å²) in [6, 6.07) is 1.55. The monoisotopic (exact) mass is 263 g/mol. The average Bonchev–Trinajstić information content (AvgIpc) is 2.45. The van der Waals surface area contributed by atoms with Crippen LogP contribution in [0.5, 0.6) is 5.75 Å². The van der Waals surface area contributed by atoms with E-state index in [0.717, 1.165) is 26.1 Å². The molecule has 2 rings (SSSR count). The summed E-state index contributed by atoms with van der Waals surface area (Å²) in [5.41, 5.74) is 0.322. The Morgan fingerprint density at radius 3 is 2.95 bits per heavy atom. The summed E-state index contributed by atoms with van der Waals surface area (Å²) in [5.74, 6) is 0.498. The van der Waals surface area contributed by atoms with Crippen LogP contribution in [-0.2, 0) is 0 Å². The maximum Gasteiger partial charge on any atom is 0.257 e. The molecule has 0 atom stereocenters. The number of hydrogen-bond acceptors (Lipinski definition) is 4. The molecule has 0 aliphatic carbocycles. The third kappa shape index (κ3) is 3.67. The van der Waals surface area contributed by atoms with Gasteiger partial charge in [0.05, 0.1) is 11.8 Å². The molecule has 0 spiro atoms. The minimum absolute atomic E-state index is 0.0544. The lowest BCUT2D eigenvalue weighted by Crippen LogP contribution is -2.32. The Bertz CT molecular complexity index is 430. The van der Waals surface area contributed by atoms with Gasteiger partial charge in [0.2, 0.25) is 0 Å². The standard InChI is InChI=1S/C14H21N3O2/c1-17(9-5-11-2-6-15-7-3-11)14(19)12-4-8-16-10-13(12)18/h4,8,10-11,15,18H,2-3,5-7,9H2,1H3. The zero-order valence-corrected chi connectivity index (χ0v) is 11.3. The Balaban J connectivity index is 1.87. The molecule has 1 saturated heterocycles. The van der Waals surface area contributed by atoms with Gasteiger partial charge in [0.1, 0.15) is 5.75 Å². The van der Waals surface area contributed by atoms with Crippen LogP contribution in [0, 0.1) is 5.92 Å². The first-order valence-electron chi connectivity index (χ1n) is 6.77. The number of rotatable bonds is 4. The van der Waals surface area contributed by atoms with Gasteiger partial charge in [0.25, 0.3) is 5.91 Å². The van der Waals surface area contributed by atoms with Crippen LogP contribution in [0.4, 0.5) is 0 Å². The van der Waals surface area contributed by atoms with Crippen molar-refractivity contribution >= 4 is 5.91 Å². The zero-order valence-electron chi connectivity index (χ0n) is 11.3. The van der Waals surface area contributed by atoms with Gasteiger partial charge in [-0.3, -0.25) is 9.78 Å². The second-order valence-electron chi connectivity index (χ2n) is 5.10. The van der Waals surface area contributed by atoms with Crippen molar-refractivity contribution in [1.82, 2.24) is 15.2 Å². The second-order valence-corrected chi connectivity index (χ2v) is 5.10. The molecule has 1 fully saturated rings. The highest BCUT2D eigenvalue weighted by Crippen LogP contribution is 2.19. The van der Waals surface area contributed by atoms with Crippen molar-refractivity contribution in [3.8, 4) is 5.75 Å². The van der Waals surface area contributed by atoms with E-state index in [-0.39, 0.29) is 11.7 Å². The van der Waals surface area contributed by atoms with E-state index in [1.807, 2.05) is 0 Å². The van der Waals surface area contributed by atoms with E-state index >= 15 is 0 Å². The lowest BCUT2D eigenvalue weighted by atomic mass is 9.94. The van der Waals surface area contributed by atoms with Gasteiger partial charge >= 0.3 is 0 Å². The van der Waals surface area contributed by atoms with Gasteiger partial charge in [-0.25, -0.2) is 0 Å². The summed E-state index contributed by atoms with van der Waals surface area (Å²) in [7, 11) is 1.78. The molecule has 5 heteroatoms. The van der Waals surface area contributed by atoms with Crippen LogP contribution in [0.2, 0.25) is 0 Å². The zero-order chi connectivity index (χ0) is 13.7. The molecule has 1 aromatic heterocycles. The number of aromatic nitrogens is 1. The number of nitrogens with one attached hydrogen (secondary N) is 1. The van der Waals surface area contributed by atoms with E-state index in [1.54, 1.807) is 18.0 Å². The van der Waals surface area contributed by atoms with Crippen molar-refractivity contribution in [2.24, 2.45) is 5.92 Å². The molecule has 1 aromatic rings. The quantitative estimate of drug-likeness (QED) is 0.858. The van der Waals surface area contributed by atoms with Crippen molar-refractivity contribution in [2.45, 2.75) is 19.3 Å². The van der Waals surface area contributed by atoms with Gasteiger partial charge in [0, 0.05) is 19.8 Å². The number of piperidine rings is 1. The lowest BCUT2D eigenvalue weighted by Gasteiger charge is -2.25. The Labute approximate surface area is 113 Å². The first kappa shape index (κ1) is 13.8. The molecule has 2 N–H and O–H groups in total. The van der Waals surface area contributed by atoms with E-state index < -0.39 is 0 Å². The highest BCUT2D eigenvalue weighted by molar-refractivity contribution is 5.96. The summed E-state index contributed by atoms with van der Waals surface area (Å²) in [6.45, 7) is 2.88. The van der Waals surface area contributed by atoms with E-state index in [9.17, 15) is 9.90 Å². The summed E-state index contributed by atoms with van der Waals surface area (Å²) in [4.78, 5) is 17.6. The van der Waals surface area contributed by atoms with Gasteiger partial charge in [-0.05, 0) is 44.3 Å². The topological polar surface area (TPSA) is 65.5 Å². The van der Waals surface area contributed by atoms with Crippen LogP contribution in [0.3, 0.4) is 0 Å². The molecular formula is C14H21N3O2. The van der Waals surface area contributed by atoms with Crippen molar-refractivity contribution in [3.05, 3.63) is 24.0 Å². The van der Waals surface area contributed by atoms with Gasteiger partial charge in [-0.2, -0.15) is 0 Å². The Kier molecular flexibility index (Phi) is 4.74. The van der Waals surface area contributed by atoms with E-state index in [0.29, 0.717) is 11.5 Å². The average molecular weight is 263 g/mol. The summed E-state index contributed by atoms with van der Waals surface area (Å²) in [5, 5.41) is 13.0. The summed E-state index contributed by atoms with van der Waals surface area (Å²) >= 11 is 0. The molecule has 19 heavy (non-hydrogen) atoms. The number of nitrogens with zero attached hydrogens (tertiary/aromatic N) is 2. The highest BCUT2D eigenvalue weighted by Gasteiger charge is 2.18. The van der Waals surface area contributed by atoms with Gasteiger partial charge in [-0.1, -0.05) is 0 Å². The number of carbonyl (C=O) groups excluding carboxylic acids is 1. The fourth-order valence-corrected chi connectivity index (χ4v) is 2.42. The van der Waals surface area contributed by atoms with Crippen LogP contribution in [0.25, 0.3) is 0 Å². The Hall–Kier alpha value is -1.62. The first-order valence-corrected chi connectivity index (χ1v) is 6.77. The number of aromatic hydroxyl groups is 1. The molecule has 0 aromatic carbocycles. The van der Waals surface area contributed by atoms with Crippen molar-refractivity contribution < 1.29 is 9.90 Å². The number of amides is 1. The van der Waals surface area contributed by atoms with Crippen molar-refractivity contribution in [2.75, 3.05) is 26.7 Å². The van der Waals surface area contributed by atoms with Crippen LogP contribution >= 0.6 is 0 Å². The minimum atomic E-state index is -0.145. The SMILES string of the molecule is CN(CCC1CCNCC1)C(=O)c1ccncc1O. The molecular weight excluding hydrogens is 242 g/mol. The third-order valence-corrected chi connectivity index (χ3v) is 3.71. The van der Waals surface area contributed by atoms with Gasteiger partial charge < -0.3 is 15.3 Å². The predicted molar refractivity (Wildman–Crippen MR) is 73.1 cm³/mol. The molecule has 2 heterocycles. The maximum atomic E-state index is 12.2. The molecule has 1 amide bonds. The largest absolute Gasteiger partial charge is 0.505 e. The molecule has 0 bridgehead atoms. The Morgan fingerprint density at radius 1 is 1.53 bits per heavy atom. The van der Waals surface area contributed by atoms with Crippen molar-refractivity contribution in [1.29, 1.82) is 0 Å². The highest BCUT2D eigenvalue weighted by atomic mass is 16.3. The second kappa shape index (κ2) is 6.52.